The van der Waals surface area contributed by atoms with Gasteiger partial charge in [-0.2, -0.15) is 0 Å². The van der Waals surface area contributed by atoms with E-state index in [0.29, 0.717) is 0 Å². The quantitative estimate of drug-likeness (QED) is 0.652. The Morgan fingerprint density at radius 1 is 1.07 bits per heavy atom. The van der Waals surface area contributed by atoms with Gasteiger partial charge in [-0.1, -0.05) is 6.07 Å². The number of hydrogen-bond acceptors (Lipinski definition) is 2. The third kappa shape index (κ3) is 1.15. The second kappa shape index (κ2) is 2.70. The number of phenolic OH excluding ortho intramolecular Hbond substituents is 1. The van der Waals surface area contributed by atoms with Gasteiger partial charge in [-0.15, -0.1) is 0 Å². The minimum Gasteiger partial charge on any atom is -0.508 e. The summed E-state index contributed by atoms with van der Waals surface area (Å²) >= 11 is 0. The maximum atomic E-state index is 11.2. The summed E-state index contributed by atoms with van der Waals surface area (Å²) < 4.78 is 0. The summed E-state index contributed by atoms with van der Waals surface area (Å²) in [5.41, 5.74) is 1.99. The Labute approximate surface area is 86.2 Å². The van der Waals surface area contributed by atoms with Crippen LogP contribution in [-0.2, 0) is 4.79 Å². The molecule has 0 heterocycles. The largest absolute Gasteiger partial charge is 0.508 e. The van der Waals surface area contributed by atoms with Gasteiger partial charge in [-0.3, -0.25) is 4.79 Å². The van der Waals surface area contributed by atoms with Crippen LogP contribution in [0.25, 0.3) is 11.6 Å². The van der Waals surface area contributed by atoms with Crippen LogP contribution in [0.3, 0.4) is 0 Å². The molecule has 0 spiro atoms. The average Bonchev–Trinajstić information content (AvgIpc) is 2.53. The maximum absolute atomic E-state index is 11.2. The van der Waals surface area contributed by atoms with E-state index in [1.54, 1.807) is 24.3 Å². The van der Waals surface area contributed by atoms with E-state index in [2.05, 4.69) is 0 Å². The van der Waals surface area contributed by atoms with Crippen LogP contribution in [0.5, 0.6) is 5.75 Å². The fraction of sp³-hybridized carbons (Fsp3) is 0. The predicted octanol–water partition coefficient (Wildman–Crippen LogP) is 0.402. The van der Waals surface area contributed by atoms with Gasteiger partial charge in [0.1, 0.15) is 5.75 Å². The fourth-order valence-corrected chi connectivity index (χ4v) is 1.99. The lowest BCUT2D eigenvalue weighted by atomic mass is 10.0. The molecule has 2 heteroatoms. The molecule has 0 saturated heterocycles. The zero-order valence-electron chi connectivity index (χ0n) is 7.90. The van der Waals surface area contributed by atoms with Crippen LogP contribution in [-0.4, -0.2) is 10.9 Å². The van der Waals surface area contributed by atoms with Crippen molar-refractivity contribution in [3.05, 3.63) is 52.4 Å². The monoisotopic (exact) mass is 196 g/mol. The number of phenols is 1. The Bertz CT molecular complexity index is 646. The molecule has 0 unspecified atom stereocenters. The highest BCUT2D eigenvalue weighted by Crippen LogP contribution is 2.20. The van der Waals surface area contributed by atoms with Crippen LogP contribution >= 0.6 is 0 Å². The molecule has 0 fully saturated rings. The molecule has 72 valence electrons. The highest BCUT2D eigenvalue weighted by Gasteiger charge is 2.13. The molecule has 1 N–H and O–H groups in total. The Kier molecular flexibility index (Phi) is 1.48. The first kappa shape index (κ1) is 8.24. The molecule has 1 aromatic carbocycles. The van der Waals surface area contributed by atoms with Crippen molar-refractivity contribution in [1.82, 2.24) is 0 Å². The van der Waals surface area contributed by atoms with Gasteiger partial charge in [0.15, 0.2) is 5.78 Å². The predicted molar refractivity (Wildman–Crippen MR) is 57.5 cm³/mol. The Hall–Kier alpha value is -2.09. The van der Waals surface area contributed by atoms with E-state index < -0.39 is 0 Å². The summed E-state index contributed by atoms with van der Waals surface area (Å²) in [5, 5.41) is 11.4. The third-order valence-corrected chi connectivity index (χ3v) is 2.66. The first-order valence-corrected chi connectivity index (χ1v) is 4.73. The molecule has 0 atom stereocenters. The average molecular weight is 196 g/mol. The van der Waals surface area contributed by atoms with E-state index in [1.165, 1.54) is 0 Å². The van der Waals surface area contributed by atoms with Crippen LogP contribution in [0, 0.1) is 0 Å². The number of allylic oxidation sites excluding steroid dienone is 4. The number of ketones is 1. The summed E-state index contributed by atoms with van der Waals surface area (Å²) in [5.74, 6) is 0.266. The Morgan fingerprint density at radius 3 is 2.80 bits per heavy atom. The number of carbonyl (C=O) groups excluding carboxylic acids is 1. The van der Waals surface area contributed by atoms with Crippen molar-refractivity contribution < 1.29 is 9.90 Å². The highest BCUT2D eigenvalue weighted by atomic mass is 16.3. The maximum Gasteiger partial charge on any atom is 0.179 e. The topological polar surface area (TPSA) is 37.3 Å². The van der Waals surface area contributed by atoms with E-state index in [1.807, 2.05) is 18.2 Å². The molecule has 0 amide bonds. The van der Waals surface area contributed by atoms with Crippen LogP contribution in [0.15, 0.2) is 42.0 Å². The third-order valence-electron chi connectivity index (χ3n) is 2.66. The highest BCUT2D eigenvalue weighted by molar-refractivity contribution is 6.09. The normalized spacial score (nSPS) is 16.9. The zero-order valence-corrected chi connectivity index (χ0v) is 7.90. The molecule has 3 rings (SSSR count). The summed E-state index contributed by atoms with van der Waals surface area (Å²) in [6.45, 7) is 0. The zero-order chi connectivity index (χ0) is 10.4. The van der Waals surface area contributed by atoms with Gasteiger partial charge in [-0.05, 0) is 58.0 Å². The summed E-state index contributed by atoms with van der Waals surface area (Å²) in [6.07, 6.45) is 6.93. The Balaban J connectivity index is 2.42. The molecule has 2 aliphatic rings. The molecule has 2 nitrogen and oxygen atoms in total. The molecular formula is C13H8O2. The van der Waals surface area contributed by atoms with Crippen molar-refractivity contribution in [3.8, 4) is 5.75 Å². The standard InChI is InChI=1S/C13H8O2/c14-10-1-3-12-8(6-10)5-9-7-11(15)2-4-13(9)12/h1-7,14H. The van der Waals surface area contributed by atoms with Gasteiger partial charge >= 0.3 is 0 Å². The van der Waals surface area contributed by atoms with Gasteiger partial charge in [-0.25, -0.2) is 0 Å². The SMILES string of the molecule is O=C1C=CC2=c3ccc(O)cc3=CC2=C1. The number of carbonyl (C=O) groups is 1. The van der Waals surface area contributed by atoms with E-state index in [0.717, 1.165) is 21.6 Å². The van der Waals surface area contributed by atoms with Gasteiger partial charge in [0.25, 0.3) is 0 Å². The van der Waals surface area contributed by atoms with E-state index >= 15 is 0 Å². The van der Waals surface area contributed by atoms with Gasteiger partial charge in [0.2, 0.25) is 0 Å². The second-order valence-electron chi connectivity index (χ2n) is 3.66. The lowest BCUT2D eigenvalue weighted by molar-refractivity contribution is -0.110. The molecule has 0 aromatic heterocycles. The molecule has 1 aromatic rings. The van der Waals surface area contributed by atoms with Crippen LogP contribution in [0.4, 0.5) is 0 Å². The van der Waals surface area contributed by atoms with Crippen LogP contribution in [0.1, 0.15) is 0 Å². The van der Waals surface area contributed by atoms with Crippen LogP contribution in [0.2, 0.25) is 0 Å². The van der Waals surface area contributed by atoms with Gasteiger partial charge in [0.05, 0.1) is 0 Å². The number of fused-ring (bicyclic) bond motifs is 2. The second-order valence-corrected chi connectivity index (χ2v) is 3.66. The molecule has 0 saturated carbocycles. The fourth-order valence-electron chi connectivity index (χ4n) is 1.99. The molecular weight excluding hydrogens is 188 g/mol. The lowest BCUT2D eigenvalue weighted by Crippen LogP contribution is -2.21. The lowest BCUT2D eigenvalue weighted by Gasteiger charge is -2.02. The molecule has 15 heavy (non-hydrogen) atoms. The van der Waals surface area contributed by atoms with Crippen molar-refractivity contribution in [2.24, 2.45) is 0 Å². The number of rotatable bonds is 0. The van der Waals surface area contributed by atoms with Crippen LogP contribution < -0.4 is 10.4 Å². The summed E-state index contributed by atoms with van der Waals surface area (Å²) in [4.78, 5) is 11.2. The van der Waals surface area contributed by atoms with Crippen molar-refractivity contribution >= 4 is 17.4 Å². The van der Waals surface area contributed by atoms with Crippen molar-refractivity contribution in [1.29, 1.82) is 0 Å². The summed E-state index contributed by atoms with van der Waals surface area (Å²) in [6, 6.07) is 5.24. The van der Waals surface area contributed by atoms with E-state index in [-0.39, 0.29) is 11.5 Å². The molecule has 2 aliphatic carbocycles. The molecule has 0 bridgehead atoms. The van der Waals surface area contributed by atoms with E-state index in [9.17, 15) is 9.90 Å². The summed E-state index contributed by atoms with van der Waals surface area (Å²) in [7, 11) is 0. The van der Waals surface area contributed by atoms with Crippen molar-refractivity contribution in [3.63, 3.8) is 0 Å². The number of aromatic hydroxyl groups is 1. The number of benzene rings is 1. The van der Waals surface area contributed by atoms with Crippen molar-refractivity contribution in [2.45, 2.75) is 0 Å². The first-order valence-electron chi connectivity index (χ1n) is 4.73. The van der Waals surface area contributed by atoms with Gasteiger partial charge in [0, 0.05) is 0 Å². The first-order chi connectivity index (χ1) is 7.24. The van der Waals surface area contributed by atoms with E-state index in [4.69, 9.17) is 0 Å². The Morgan fingerprint density at radius 2 is 1.93 bits per heavy atom. The minimum atomic E-state index is 0.0158. The van der Waals surface area contributed by atoms with Gasteiger partial charge < -0.3 is 5.11 Å². The smallest absolute Gasteiger partial charge is 0.179 e. The molecule has 0 radical (unpaired) electrons. The van der Waals surface area contributed by atoms with Crippen molar-refractivity contribution in [2.75, 3.05) is 0 Å². The number of hydrogen-bond donors (Lipinski definition) is 1. The molecule has 0 aliphatic heterocycles. The minimum absolute atomic E-state index is 0.0158.